The molecule has 2 aromatic heterocycles. The number of ether oxygens (including phenoxy) is 1. The van der Waals surface area contributed by atoms with E-state index in [1.165, 1.54) is 11.3 Å². The molecule has 5 aromatic rings. The average Bonchev–Trinajstić information content (AvgIpc) is 3.64. The third-order valence-electron chi connectivity index (χ3n) is 7.94. The Morgan fingerprint density at radius 1 is 1.09 bits per heavy atom. The first kappa shape index (κ1) is 28.9. The molecule has 1 aliphatic rings. The van der Waals surface area contributed by atoms with Crippen molar-refractivity contribution in [3.8, 4) is 23.1 Å². The van der Waals surface area contributed by atoms with Gasteiger partial charge in [-0.2, -0.15) is 5.26 Å². The zero-order chi connectivity index (χ0) is 31.0. The minimum absolute atomic E-state index is 0.169. The summed E-state index contributed by atoms with van der Waals surface area (Å²) in [6.07, 6.45) is 1.69. The van der Waals surface area contributed by atoms with Crippen LogP contribution in [0.5, 0.6) is 5.75 Å². The summed E-state index contributed by atoms with van der Waals surface area (Å²) in [4.78, 5) is 35.4. The maximum atomic E-state index is 14.3. The van der Waals surface area contributed by atoms with Crippen molar-refractivity contribution in [3.05, 3.63) is 121 Å². The maximum absolute atomic E-state index is 14.3. The van der Waals surface area contributed by atoms with Crippen molar-refractivity contribution >= 4 is 34.1 Å². The number of nitrogens with zero attached hydrogens (tertiary/aromatic N) is 4. The molecule has 1 aliphatic heterocycles. The van der Waals surface area contributed by atoms with E-state index in [1.807, 2.05) is 69.3 Å². The zero-order valence-electron chi connectivity index (χ0n) is 24.8. The lowest BCUT2D eigenvalue weighted by Crippen LogP contribution is -2.43. The molecule has 6 rings (SSSR count). The van der Waals surface area contributed by atoms with Gasteiger partial charge in [-0.15, -0.1) is 0 Å². The Labute approximate surface area is 258 Å². The molecule has 0 N–H and O–H groups in total. The molecule has 0 saturated carbocycles. The van der Waals surface area contributed by atoms with Crippen molar-refractivity contribution in [3.63, 3.8) is 0 Å². The van der Waals surface area contributed by atoms with Crippen molar-refractivity contribution in [1.82, 2.24) is 9.47 Å². The quantitative estimate of drug-likeness (QED) is 0.248. The Kier molecular flexibility index (Phi) is 7.77. The normalized spacial score (nSPS) is 14.7. The molecule has 1 amide bonds. The van der Waals surface area contributed by atoms with Gasteiger partial charge >= 0.3 is 0 Å². The van der Waals surface area contributed by atoms with Gasteiger partial charge in [0, 0.05) is 30.3 Å². The van der Waals surface area contributed by atoms with Crippen LogP contribution in [0.4, 0.5) is 0 Å². The minimum atomic E-state index is -0.766. The summed E-state index contributed by atoms with van der Waals surface area (Å²) >= 11 is 1.24. The van der Waals surface area contributed by atoms with E-state index in [9.17, 15) is 14.9 Å². The van der Waals surface area contributed by atoms with Crippen molar-refractivity contribution in [2.24, 2.45) is 4.99 Å². The van der Waals surface area contributed by atoms with Crippen LogP contribution in [-0.4, -0.2) is 35.6 Å². The van der Waals surface area contributed by atoms with Gasteiger partial charge in [-0.1, -0.05) is 53.8 Å². The highest BCUT2D eigenvalue weighted by molar-refractivity contribution is 7.07. The second-order valence-electron chi connectivity index (χ2n) is 10.3. The van der Waals surface area contributed by atoms with E-state index in [-0.39, 0.29) is 11.5 Å². The molecule has 8 nitrogen and oxygen atoms in total. The Hall–Kier alpha value is -5.20. The molecule has 0 bridgehead atoms. The molecule has 0 radical (unpaired) electrons. The fourth-order valence-electron chi connectivity index (χ4n) is 5.78. The predicted molar refractivity (Wildman–Crippen MR) is 171 cm³/mol. The molecular weight excluding hydrogens is 572 g/mol. The van der Waals surface area contributed by atoms with Gasteiger partial charge in [-0.05, 0) is 61.9 Å². The number of hydrogen-bond acceptors (Lipinski definition) is 7. The number of nitriles is 1. The van der Waals surface area contributed by atoms with Crippen LogP contribution >= 0.6 is 11.3 Å². The molecule has 0 saturated heterocycles. The number of hydrogen-bond donors (Lipinski definition) is 0. The van der Waals surface area contributed by atoms with Crippen molar-refractivity contribution in [2.75, 3.05) is 20.2 Å². The Bertz CT molecular complexity index is 2180. The van der Waals surface area contributed by atoms with E-state index in [2.05, 4.69) is 6.07 Å². The van der Waals surface area contributed by atoms with Gasteiger partial charge in [-0.3, -0.25) is 14.2 Å². The number of methoxy groups -OCH3 is 1. The smallest absolute Gasteiger partial charge is 0.271 e. The number of fused-ring (bicyclic) bond motifs is 2. The van der Waals surface area contributed by atoms with Crippen LogP contribution in [0, 0.1) is 11.3 Å². The largest absolute Gasteiger partial charge is 0.496 e. The van der Waals surface area contributed by atoms with E-state index in [0.29, 0.717) is 62.1 Å². The number of aromatic nitrogens is 1. The highest BCUT2D eigenvalue weighted by atomic mass is 32.1. The molecule has 0 fully saturated rings. The van der Waals surface area contributed by atoms with E-state index >= 15 is 0 Å². The summed E-state index contributed by atoms with van der Waals surface area (Å²) in [5, 5.41) is 11.4. The lowest BCUT2D eigenvalue weighted by molar-refractivity contribution is -0.127. The molecule has 9 heteroatoms. The SMILES string of the molecule is CCN(CC)C(=O)C1=C(C)N=c2s/c(=C/c3ccc(-c4ccccc4C#N)o3)c(=O)n2[C@@H]1c1c(OC)ccc2ccccc12. The molecule has 220 valence electrons. The first-order valence-electron chi connectivity index (χ1n) is 14.4. The number of amides is 1. The number of benzene rings is 3. The molecule has 0 unspecified atom stereocenters. The van der Waals surface area contributed by atoms with E-state index in [1.54, 1.807) is 46.9 Å². The standard InChI is InChI=1S/C35H30N4O4S/c1-5-38(6-2)34(41)30-21(3)37-35-39(32(30)31-26-14-10-7-11-22(26)15-17-28(31)42-4)33(40)29(44-35)19-24-16-18-27(43-24)25-13-9-8-12-23(25)20-36/h7-19,32H,5-6H2,1-4H3/b29-19+/t32-/m0/s1. The lowest BCUT2D eigenvalue weighted by Gasteiger charge is -2.30. The van der Waals surface area contributed by atoms with E-state index < -0.39 is 6.04 Å². The van der Waals surface area contributed by atoms with Crippen LogP contribution in [0.3, 0.4) is 0 Å². The Balaban J connectivity index is 1.59. The number of allylic oxidation sites excluding steroid dienone is 1. The number of carbonyl (C=O) groups excluding carboxylic acids is 1. The third-order valence-corrected chi connectivity index (χ3v) is 8.92. The van der Waals surface area contributed by atoms with Gasteiger partial charge in [-0.25, -0.2) is 4.99 Å². The van der Waals surface area contributed by atoms with Gasteiger partial charge in [0.2, 0.25) is 0 Å². The van der Waals surface area contributed by atoms with Crippen LogP contribution in [0.15, 0.2) is 98.3 Å². The lowest BCUT2D eigenvalue weighted by atomic mass is 9.90. The Morgan fingerprint density at radius 2 is 1.84 bits per heavy atom. The highest BCUT2D eigenvalue weighted by Gasteiger charge is 2.36. The van der Waals surface area contributed by atoms with Gasteiger partial charge < -0.3 is 14.1 Å². The second kappa shape index (κ2) is 11.8. The predicted octanol–water partition coefficient (Wildman–Crippen LogP) is 5.40. The first-order chi connectivity index (χ1) is 21.4. The van der Waals surface area contributed by atoms with Crippen LogP contribution in [0.2, 0.25) is 0 Å². The summed E-state index contributed by atoms with van der Waals surface area (Å²) in [5.41, 5.74) is 2.61. The Morgan fingerprint density at radius 3 is 2.59 bits per heavy atom. The molecule has 3 aromatic carbocycles. The molecule has 44 heavy (non-hydrogen) atoms. The monoisotopic (exact) mass is 602 g/mol. The molecule has 3 heterocycles. The summed E-state index contributed by atoms with van der Waals surface area (Å²) in [6.45, 7) is 6.74. The first-order valence-corrected chi connectivity index (χ1v) is 15.2. The molecule has 1 atom stereocenters. The van der Waals surface area contributed by atoms with Crippen molar-refractivity contribution in [2.45, 2.75) is 26.8 Å². The van der Waals surface area contributed by atoms with Crippen molar-refractivity contribution in [1.29, 1.82) is 5.26 Å². The van der Waals surface area contributed by atoms with Crippen LogP contribution in [0.25, 0.3) is 28.2 Å². The number of carbonyl (C=O) groups is 1. The molecule has 0 aliphatic carbocycles. The maximum Gasteiger partial charge on any atom is 0.271 e. The number of likely N-dealkylation sites (N-methyl/N-ethyl adjacent to an activating group) is 1. The van der Waals surface area contributed by atoms with Gasteiger partial charge in [0.15, 0.2) is 4.80 Å². The van der Waals surface area contributed by atoms with Crippen molar-refractivity contribution < 1.29 is 13.9 Å². The van der Waals surface area contributed by atoms with E-state index in [4.69, 9.17) is 14.1 Å². The van der Waals surface area contributed by atoms with Crippen LogP contribution in [-0.2, 0) is 4.79 Å². The van der Waals surface area contributed by atoms with Gasteiger partial charge in [0.05, 0.1) is 34.5 Å². The average molecular weight is 603 g/mol. The molecular formula is C35H30N4O4S. The van der Waals surface area contributed by atoms with Crippen LogP contribution < -0.4 is 19.6 Å². The summed E-state index contributed by atoms with van der Waals surface area (Å²) < 4.78 is 14.0. The number of rotatable bonds is 7. The highest BCUT2D eigenvalue weighted by Crippen LogP contribution is 2.40. The van der Waals surface area contributed by atoms with Gasteiger partial charge in [0.25, 0.3) is 11.5 Å². The third kappa shape index (κ3) is 4.83. The number of furan rings is 1. The summed E-state index contributed by atoms with van der Waals surface area (Å²) in [6, 6.07) is 23.9. The second-order valence-corrected chi connectivity index (χ2v) is 11.3. The van der Waals surface area contributed by atoms with Crippen LogP contribution in [0.1, 0.15) is 43.7 Å². The fourth-order valence-corrected chi connectivity index (χ4v) is 6.81. The zero-order valence-corrected chi connectivity index (χ0v) is 25.6. The molecule has 0 spiro atoms. The van der Waals surface area contributed by atoms with Gasteiger partial charge in [0.1, 0.15) is 23.3 Å². The number of thiazole rings is 1. The topological polar surface area (TPSA) is 101 Å². The fraction of sp³-hybridized carbons (Fsp3) is 0.200. The summed E-state index contributed by atoms with van der Waals surface area (Å²) in [7, 11) is 1.60. The minimum Gasteiger partial charge on any atom is -0.496 e. The van der Waals surface area contributed by atoms with E-state index in [0.717, 1.165) is 16.3 Å². The summed E-state index contributed by atoms with van der Waals surface area (Å²) in [5.74, 6) is 1.40.